The summed E-state index contributed by atoms with van der Waals surface area (Å²) in [7, 11) is 0. The van der Waals surface area contributed by atoms with Crippen LogP contribution in [0.1, 0.15) is 13.3 Å². The van der Waals surface area contributed by atoms with Crippen molar-refractivity contribution in [1.82, 2.24) is 0 Å². The third kappa shape index (κ3) is 5.94. The SMILES string of the molecule is C=CCOC(=O)C(CC)C(C(=O)OCC=C)(C(=O)OCC=C)C(=O)OCC=C. The van der Waals surface area contributed by atoms with Crippen molar-refractivity contribution in [1.29, 1.82) is 0 Å². The molecule has 0 radical (unpaired) electrons. The van der Waals surface area contributed by atoms with Gasteiger partial charge in [-0.1, -0.05) is 57.5 Å². The first-order valence-corrected chi connectivity index (χ1v) is 8.50. The number of ether oxygens (including phenoxy) is 4. The van der Waals surface area contributed by atoms with Gasteiger partial charge >= 0.3 is 23.9 Å². The smallest absolute Gasteiger partial charge is 0.336 e. The van der Waals surface area contributed by atoms with E-state index in [2.05, 4.69) is 26.3 Å². The molecule has 0 aliphatic heterocycles. The maximum absolute atomic E-state index is 12.9. The van der Waals surface area contributed by atoms with Crippen molar-refractivity contribution in [2.24, 2.45) is 11.3 Å². The van der Waals surface area contributed by atoms with Crippen molar-refractivity contribution in [2.75, 3.05) is 26.4 Å². The minimum absolute atomic E-state index is 0.119. The van der Waals surface area contributed by atoms with Crippen LogP contribution in [0.2, 0.25) is 0 Å². The number of hydrogen-bond acceptors (Lipinski definition) is 8. The molecule has 154 valence electrons. The van der Waals surface area contributed by atoms with Gasteiger partial charge in [-0.15, -0.1) is 0 Å². The molecule has 1 unspecified atom stereocenters. The highest BCUT2D eigenvalue weighted by atomic mass is 16.6. The van der Waals surface area contributed by atoms with Gasteiger partial charge in [0.2, 0.25) is 0 Å². The highest BCUT2D eigenvalue weighted by molar-refractivity contribution is 6.20. The molecule has 1 atom stereocenters. The van der Waals surface area contributed by atoms with Crippen LogP contribution >= 0.6 is 0 Å². The monoisotopic (exact) mass is 394 g/mol. The Labute approximate surface area is 164 Å². The van der Waals surface area contributed by atoms with Crippen LogP contribution in [0.25, 0.3) is 0 Å². The molecule has 0 amide bonds. The van der Waals surface area contributed by atoms with E-state index in [0.29, 0.717) is 0 Å². The lowest BCUT2D eigenvalue weighted by atomic mass is 9.73. The van der Waals surface area contributed by atoms with Crippen molar-refractivity contribution in [3.8, 4) is 0 Å². The normalized spacial score (nSPS) is 11.3. The maximum Gasteiger partial charge on any atom is 0.336 e. The number of carbonyl (C=O) groups excluding carboxylic acids is 4. The molecule has 0 saturated heterocycles. The molecule has 8 nitrogen and oxygen atoms in total. The summed E-state index contributed by atoms with van der Waals surface area (Å²) in [5, 5.41) is 0. The van der Waals surface area contributed by atoms with Crippen LogP contribution in [0.15, 0.2) is 50.6 Å². The van der Waals surface area contributed by atoms with Gasteiger partial charge in [-0.25, -0.2) is 0 Å². The largest absolute Gasteiger partial charge is 0.461 e. The predicted octanol–water partition coefficient (Wildman–Crippen LogP) is 1.92. The van der Waals surface area contributed by atoms with E-state index in [1.165, 1.54) is 31.2 Å². The molecular formula is C20H26O8. The summed E-state index contributed by atoms with van der Waals surface area (Å²) in [4.78, 5) is 51.1. The Hall–Kier alpha value is -3.16. The fourth-order valence-corrected chi connectivity index (χ4v) is 2.31. The van der Waals surface area contributed by atoms with Gasteiger partial charge in [0.15, 0.2) is 0 Å². The highest BCUT2D eigenvalue weighted by Crippen LogP contribution is 2.37. The molecule has 0 aromatic carbocycles. The van der Waals surface area contributed by atoms with Crippen LogP contribution in [-0.2, 0) is 38.1 Å². The zero-order chi connectivity index (χ0) is 21.6. The van der Waals surface area contributed by atoms with Gasteiger partial charge in [-0.3, -0.25) is 19.2 Å². The van der Waals surface area contributed by atoms with Crippen molar-refractivity contribution < 1.29 is 38.1 Å². The van der Waals surface area contributed by atoms with Crippen molar-refractivity contribution in [3.05, 3.63) is 50.6 Å². The van der Waals surface area contributed by atoms with Crippen molar-refractivity contribution >= 4 is 23.9 Å². The van der Waals surface area contributed by atoms with E-state index >= 15 is 0 Å². The van der Waals surface area contributed by atoms with E-state index < -0.39 is 35.2 Å². The standard InChI is InChI=1S/C20H26O8/c1-6-11-25-16(21)15(10-5)20(17(22)26-12-7-2,18(23)27-13-8-3)19(24)28-14-9-4/h6-9,15H,1-4,10-14H2,5H3. The first kappa shape index (κ1) is 24.8. The molecule has 0 saturated carbocycles. The quantitative estimate of drug-likeness (QED) is 0.190. The molecular weight excluding hydrogens is 368 g/mol. The van der Waals surface area contributed by atoms with Gasteiger partial charge in [0.05, 0.1) is 5.92 Å². The first-order valence-electron chi connectivity index (χ1n) is 8.50. The van der Waals surface area contributed by atoms with Crippen LogP contribution in [0.5, 0.6) is 0 Å². The molecule has 8 heteroatoms. The molecule has 0 aromatic heterocycles. The van der Waals surface area contributed by atoms with E-state index in [1.54, 1.807) is 0 Å². The molecule has 0 rings (SSSR count). The first-order chi connectivity index (χ1) is 13.4. The molecule has 0 aromatic rings. The Morgan fingerprint density at radius 2 is 1.04 bits per heavy atom. The predicted molar refractivity (Wildman–Crippen MR) is 101 cm³/mol. The number of rotatable bonds is 14. The van der Waals surface area contributed by atoms with Gasteiger partial charge in [0.1, 0.15) is 26.4 Å². The third-order valence-electron chi connectivity index (χ3n) is 3.52. The number of esters is 4. The summed E-state index contributed by atoms with van der Waals surface area (Å²) in [5.74, 6) is -6.46. The second kappa shape index (κ2) is 13.1. The van der Waals surface area contributed by atoms with Gasteiger partial charge < -0.3 is 18.9 Å². The molecule has 0 spiro atoms. The zero-order valence-electron chi connectivity index (χ0n) is 16.0. The van der Waals surface area contributed by atoms with E-state index in [0.717, 1.165) is 0 Å². The molecule has 0 aliphatic carbocycles. The molecule has 0 heterocycles. The summed E-state index contributed by atoms with van der Waals surface area (Å²) in [6.45, 7) is 14.0. The fraction of sp³-hybridized carbons (Fsp3) is 0.400. The van der Waals surface area contributed by atoms with Gasteiger partial charge in [0, 0.05) is 0 Å². The van der Waals surface area contributed by atoms with E-state index in [9.17, 15) is 19.2 Å². The second-order valence-corrected chi connectivity index (χ2v) is 5.35. The van der Waals surface area contributed by atoms with Crippen LogP contribution in [-0.4, -0.2) is 50.3 Å². The average molecular weight is 394 g/mol. The van der Waals surface area contributed by atoms with Crippen LogP contribution in [0, 0.1) is 11.3 Å². The van der Waals surface area contributed by atoms with Gasteiger partial charge in [-0.2, -0.15) is 0 Å². The summed E-state index contributed by atoms with van der Waals surface area (Å²) in [6, 6.07) is 0. The Bertz CT molecular complexity index is 560. The van der Waals surface area contributed by atoms with Crippen molar-refractivity contribution in [3.63, 3.8) is 0 Å². The Kier molecular flexibility index (Phi) is 11.6. The van der Waals surface area contributed by atoms with Crippen LogP contribution in [0.4, 0.5) is 0 Å². The highest BCUT2D eigenvalue weighted by Gasteiger charge is 2.65. The topological polar surface area (TPSA) is 105 Å². The minimum atomic E-state index is -2.72. The van der Waals surface area contributed by atoms with Crippen LogP contribution in [0.3, 0.4) is 0 Å². The van der Waals surface area contributed by atoms with Crippen LogP contribution < -0.4 is 0 Å². The molecule has 0 aliphatic rings. The second-order valence-electron chi connectivity index (χ2n) is 5.35. The van der Waals surface area contributed by atoms with E-state index in [-0.39, 0.29) is 32.8 Å². The van der Waals surface area contributed by atoms with Crippen molar-refractivity contribution in [2.45, 2.75) is 13.3 Å². The number of carbonyl (C=O) groups is 4. The Balaban J connectivity index is 6.45. The molecule has 0 bridgehead atoms. The lowest BCUT2D eigenvalue weighted by Gasteiger charge is -2.32. The molecule has 28 heavy (non-hydrogen) atoms. The van der Waals surface area contributed by atoms with E-state index in [1.807, 2.05) is 0 Å². The Morgan fingerprint density at radius 1 is 0.714 bits per heavy atom. The summed E-state index contributed by atoms with van der Waals surface area (Å²) >= 11 is 0. The number of hydrogen-bond donors (Lipinski definition) is 0. The van der Waals surface area contributed by atoms with E-state index in [4.69, 9.17) is 18.9 Å². The lowest BCUT2D eigenvalue weighted by molar-refractivity contribution is -0.193. The molecule has 0 fully saturated rings. The molecule has 0 N–H and O–H groups in total. The lowest BCUT2D eigenvalue weighted by Crippen LogP contribution is -2.56. The zero-order valence-corrected chi connectivity index (χ0v) is 16.0. The third-order valence-corrected chi connectivity index (χ3v) is 3.52. The summed E-state index contributed by atoms with van der Waals surface area (Å²) in [5.41, 5.74) is -2.72. The summed E-state index contributed by atoms with van der Waals surface area (Å²) in [6.07, 6.45) is 4.90. The summed E-state index contributed by atoms with van der Waals surface area (Å²) < 4.78 is 19.8. The Morgan fingerprint density at radius 3 is 1.32 bits per heavy atom. The maximum atomic E-state index is 12.9. The van der Waals surface area contributed by atoms with Gasteiger partial charge in [-0.05, 0) is 6.42 Å². The average Bonchev–Trinajstić information content (AvgIpc) is 2.70. The van der Waals surface area contributed by atoms with Gasteiger partial charge in [0.25, 0.3) is 5.41 Å². The fourth-order valence-electron chi connectivity index (χ4n) is 2.31. The minimum Gasteiger partial charge on any atom is -0.461 e.